The number of ether oxygens (including phenoxy) is 6. The highest BCUT2D eigenvalue weighted by Gasteiger charge is 2.79. The third-order valence-corrected chi connectivity index (χ3v) is 23.5. The van der Waals surface area contributed by atoms with Gasteiger partial charge in [-0.2, -0.15) is 10.5 Å². The number of aliphatic hydroxyl groups is 6. The van der Waals surface area contributed by atoms with Crippen molar-refractivity contribution < 1.29 is 85.4 Å². The summed E-state index contributed by atoms with van der Waals surface area (Å²) in [6.45, 7) is -2.59. The van der Waals surface area contributed by atoms with Crippen molar-refractivity contribution in [1.29, 1.82) is 10.5 Å². The van der Waals surface area contributed by atoms with Gasteiger partial charge in [-0.25, -0.2) is 26.3 Å². The van der Waals surface area contributed by atoms with E-state index in [1.54, 1.807) is 48.5 Å². The minimum Gasteiger partial charge on any atom is -0.495 e. The highest BCUT2D eigenvalue weighted by molar-refractivity contribution is 9.10. The molecule has 0 saturated heterocycles. The number of aromatic nitrogens is 3. The van der Waals surface area contributed by atoms with Crippen LogP contribution in [0.1, 0.15) is 79.0 Å². The Balaban J connectivity index is 0.000000145. The first kappa shape index (κ1) is 78.4. The Morgan fingerprint density at radius 3 is 0.918 bits per heavy atom. The number of alkyl halides is 6. The molecule has 3 aliphatic carbocycles. The van der Waals surface area contributed by atoms with Crippen LogP contribution in [0.3, 0.4) is 0 Å². The van der Waals surface area contributed by atoms with Crippen LogP contribution in [-0.2, 0) is 33.6 Å². The number of nitriles is 2. The average molecular weight is 1580 g/mol. The van der Waals surface area contributed by atoms with E-state index < -0.39 is 126 Å². The number of nitrogens with one attached hydrogen (secondary N) is 3. The normalized spacial score (nSPS) is 28.1. The maximum Gasteiger partial charge on any atom is 0.250 e. The molecule has 0 unspecified atom stereocenters. The second-order valence-electron chi connectivity index (χ2n) is 28.0. The second-order valence-corrected chi connectivity index (χ2v) is 28.9. The van der Waals surface area contributed by atoms with Gasteiger partial charge in [-0.1, -0.05) is 143 Å². The number of benzene rings is 6. The van der Waals surface area contributed by atoms with Crippen LogP contribution in [-0.4, -0.2) is 145 Å². The molecular formula is C83H81BrF6N8O12. The quantitative estimate of drug-likeness (QED) is 0.0254. The molecular weight excluding hydrogens is 1490 g/mol. The first-order valence-corrected chi connectivity index (χ1v) is 36.5. The molecule has 3 aliphatic heterocycles. The first-order chi connectivity index (χ1) is 53.2. The number of fused-ring (bicyclic) bond motifs is 9. The Morgan fingerprint density at radius 2 is 0.682 bits per heavy atom. The fourth-order valence-corrected chi connectivity index (χ4v) is 19.2. The van der Waals surface area contributed by atoms with Crippen molar-refractivity contribution in [2.45, 2.75) is 70.6 Å². The van der Waals surface area contributed by atoms with Crippen LogP contribution in [0.25, 0.3) is 0 Å². The van der Waals surface area contributed by atoms with Crippen molar-refractivity contribution in [1.82, 2.24) is 30.9 Å². The lowest BCUT2D eigenvalue weighted by Gasteiger charge is -2.42. The zero-order valence-corrected chi connectivity index (χ0v) is 61.4. The molecule has 6 heterocycles. The lowest BCUT2D eigenvalue weighted by atomic mass is 9.69. The van der Waals surface area contributed by atoms with Crippen molar-refractivity contribution in [2.75, 3.05) is 80.4 Å². The number of aliphatic hydroxyl groups excluding tert-OH is 3. The lowest BCUT2D eigenvalue weighted by Crippen LogP contribution is -2.52. The zero-order chi connectivity index (χ0) is 77.9. The molecule has 0 bridgehead atoms. The van der Waals surface area contributed by atoms with E-state index in [0.29, 0.717) is 79.0 Å². The molecule has 110 heavy (non-hydrogen) atoms. The van der Waals surface area contributed by atoms with Crippen LogP contribution < -0.4 is 44.4 Å². The molecule has 20 nitrogen and oxygen atoms in total. The molecule has 3 aromatic heterocycles. The molecule has 0 amide bonds. The number of halogens is 7. The van der Waals surface area contributed by atoms with Gasteiger partial charge in [-0.05, 0) is 69.8 Å². The van der Waals surface area contributed by atoms with Crippen molar-refractivity contribution in [2.24, 2.45) is 35.5 Å². The minimum atomic E-state index is -2.58. The summed E-state index contributed by atoms with van der Waals surface area (Å²) in [6, 6.07) is 53.5. The highest BCUT2D eigenvalue weighted by Crippen LogP contribution is 2.75. The van der Waals surface area contributed by atoms with Crippen LogP contribution in [0.15, 0.2) is 205 Å². The molecule has 0 radical (unpaired) electrons. The van der Waals surface area contributed by atoms with Crippen LogP contribution in [0.2, 0.25) is 0 Å². The van der Waals surface area contributed by atoms with Gasteiger partial charge in [0.25, 0.3) is 19.3 Å². The molecule has 15 atom stereocenters. The number of methoxy groups -OCH3 is 3. The molecule has 0 spiro atoms. The molecule has 9 N–H and O–H groups in total. The molecule has 3 fully saturated rings. The predicted molar refractivity (Wildman–Crippen MR) is 394 cm³/mol. The van der Waals surface area contributed by atoms with E-state index in [1.807, 2.05) is 115 Å². The minimum absolute atomic E-state index is 0.0122. The number of hydrogen-bond donors (Lipinski definition) is 9. The summed E-state index contributed by atoms with van der Waals surface area (Å²) in [5.41, 5.74) is -3.42. The summed E-state index contributed by atoms with van der Waals surface area (Å²) in [6.07, 6.45) is 1.27. The first-order valence-electron chi connectivity index (χ1n) is 35.7. The van der Waals surface area contributed by atoms with Crippen molar-refractivity contribution in [3.8, 4) is 46.6 Å². The SMILES string of the molecule is COc1cncc2c1[C@]1(O)[C@@H](CNCC(F)F)[C@H](CO)[C@@H](c3ccccc3)[C@]1(c1ccc(Br)cc1)O2.COc1cncc2c1[C@]1(O)[C@@H](CNCC(F)F)[C@H](CO)[C@@H](c3ccccc3)[C@]1(c1ccc(C#N)cc1)O2.COc1cncc2c1[C@]1(O)[C@@H](CNCC(F)F)[C@H](CO)[C@@H](c3ccccc3)[C@]1(c1ccc(C#N)cc1)O2. The average Bonchev–Trinajstić information content (AvgIpc) is 1.51. The Kier molecular flexibility index (Phi) is 23.0. The molecule has 9 aromatic rings. The summed E-state index contributed by atoms with van der Waals surface area (Å²) in [7, 11) is 4.40. The zero-order valence-electron chi connectivity index (χ0n) is 59.9. The van der Waals surface area contributed by atoms with Gasteiger partial charge in [0.2, 0.25) is 0 Å². The summed E-state index contributed by atoms with van der Waals surface area (Å²) < 4.78 is 116. The van der Waals surface area contributed by atoms with Crippen molar-refractivity contribution in [3.05, 3.63) is 267 Å². The van der Waals surface area contributed by atoms with Gasteiger partial charge in [0.1, 0.15) is 51.3 Å². The maximum atomic E-state index is 13.1. The van der Waals surface area contributed by atoms with Crippen molar-refractivity contribution >= 4 is 15.9 Å². The van der Waals surface area contributed by atoms with Gasteiger partial charge < -0.3 is 75.0 Å². The van der Waals surface area contributed by atoms with Crippen LogP contribution in [0.4, 0.5) is 26.3 Å². The lowest BCUT2D eigenvalue weighted by molar-refractivity contribution is -0.128. The van der Waals surface area contributed by atoms with E-state index in [2.05, 4.69) is 59.0 Å². The largest absolute Gasteiger partial charge is 0.495 e. The number of rotatable bonds is 24. The Bertz CT molecular complexity index is 4560. The van der Waals surface area contributed by atoms with E-state index in [9.17, 15) is 67.5 Å². The second kappa shape index (κ2) is 32.3. The molecule has 6 aliphatic rings. The highest BCUT2D eigenvalue weighted by atomic mass is 79.9. The van der Waals surface area contributed by atoms with Gasteiger partial charge >= 0.3 is 0 Å². The maximum absolute atomic E-state index is 13.1. The van der Waals surface area contributed by atoms with Gasteiger partial charge in [-0.3, -0.25) is 15.0 Å². The van der Waals surface area contributed by atoms with Crippen LogP contribution in [0.5, 0.6) is 34.5 Å². The molecule has 6 aromatic carbocycles. The summed E-state index contributed by atoms with van der Waals surface area (Å²) in [4.78, 5) is 12.7. The van der Waals surface area contributed by atoms with E-state index in [1.165, 1.54) is 58.5 Å². The molecule has 574 valence electrons. The van der Waals surface area contributed by atoms with Gasteiger partial charge in [0.15, 0.2) is 16.8 Å². The Labute approximate surface area is 639 Å². The monoisotopic (exact) mass is 1570 g/mol. The number of pyridine rings is 3. The molecule has 15 rings (SSSR count). The van der Waals surface area contributed by atoms with Gasteiger partial charge in [-0.15, -0.1) is 0 Å². The fourth-order valence-electron chi connectivity index (χ4n) is 18.9. The smallest absolute Gasteiger partial charge is 0.250 e. The molecule has 27 heteroatoms. The van der Waals surface area contributed by atoms with Crippen LogP contribution in [0, 0.1) is 58.2 Å². The standard InChI is InChI=1S/2C28H27F2N3O4.C27H27BrF2N2O4/c2*1-36-22-13-33-14-23-26(22)27(35)21(12-32-15-24(29)30)20(16-34)25(18-5-3-2-4-6-18)28(27,37-23)19-9-7-17(11-31)8-10-19;1-35-21-12-32-13-22-25(21)26(34)20(11-31-14-23(29)30)19(15-33)24(16-5-3-2-4-6-16)27(26,36-22)17-7-9-18(28)10-8-17/h2*2-10,13-14,20-21,24-25,32,34-35H,12,15-16H2,1H3;2-10,12-13,19-20,23-24,31,33-34H,11,14-15H2,1H3/t2*20-,21-,25+,27+,28-;19-,20-,24+,26+,27-/m000/s1. The molecule has 3 saturated carbocycles. The van der Waals surface area contributed by atoms with E-state index >= 15 is 0 Å². The Hall–Kier alpha value is -9.75. The third kappa shape index (κ3) is 12.7. The summed E-state index contributed by atoms with van der Waals surface area (Å²) in [5, 5.41) is 98.2. The fraction of sp³-hybridized carbons (Fsp3) is 0.361. The van der Waals surface area contributed by atoms with Gasteiger partial charge in [0, 0.05) is 97.2 Å². The van der Waals surface area contributed by atoms with Crippen LogP contribution >= 0.6 is 15.9 Å². The predicted octanol–water partition coefficient (Wildman–Crippen LogP) is 10.8. The van der Waals surface area contributed by atoms with E-state index in [0.717, 1.165) is 21.2 Å². The third-order valence-electron chi connectivity index (χ3n) is 23.0. The summed E-state index contributed by atoms with van der Waals surface area (Å²) >= 11 is 3.48. The van der Waals surface area contributed by atoms with Gasteiger partial charge in [0.05, 0.1) is 118 Å². The number of nitrogens with zero attached hydrogens (tertiary/aromatic N) is 5. The summed E-state index contributed by atoms with van der Waals surface area (Å²) in [5.74, 6) is -3.73. The Morgan fingerprint density at radius 1 is 0.418 bits per heavy atom. The van der Waals surface area contributed by atoms with E-state index in [4.69, 9.17) is 28.4 Å². The number of hydrogen-bond acceptors (Lipinski definition) is 20. The topological polar surface area (TPSA) is 299 Å². The van der Waals surface area contributed by atoms with E-state index in [-0.39, 0.29) is 39.5 Å². The van der Waals surface area contributed by atoms with Crippen molar-refractivity contribution in [3.63, 3.8) is 0 Å².